The second kappa shape index (κ2) is 10.1. The van der Waals surface area contributed by atoms with Crippen molar-refractivity contribution in [3.63, 3.8) is 0 Å². The Morgan fingerprint density at radius 1 is 1.21 bits per heavy atom. The van der Waals surface area contributed by atoms with E-state index in [1.165, 1.54) is 19.2 Å². The Morgan fingerprint density at radius 2 is 1.83 bits per heavy atom. The van der Waals surface area contributed by atoms with Crippen molar-refractivity contribution >= 4 is 24.8 Å². The van der Waals surface area contributed by atoms with E-state index < -0.39 is 19.1 Å². The Hall–Kier alpha value is -0.960. The quantitative estimate of drug-likeness (QED) is 0.776. The lowest BCUT2D eigenvalue weighted by Gasteiger charge is -2.34. The predicted octanol–water partition coefficient (Wildman–Crippen LogP) is 3.35. The molecule has 0 unspecified atom stereocenters. The van der Waals surface area contributed by atoms with Gasteiger partial charge in [0.15, 0.2) is 0 Å². The molecule has 140 valence electrons. The number of rotatable bonds is 5. The van der Waals surface area contributed by atoms with E-state index >= 15 is 0 Å². The van der Waals surface area contributed by atoms with Gasteiger partial charge in [-0.3, -0.25) is 4.90 Å². The van der Waals surface area contributed by atoms with E-state index in [0.29, 0.717) is 18.7 Å². The van der Waals surface area contributed by atoms with E-state index in [9.17, 15) is 17.6 Å². The minimum Gasteiger partial charge on any atom is -0.496 e. The lowest BCUT2D eigenvalue weighted by molar-refractivity contribution is -0.274. The Kier molecular flexibility index (Phi) is 9.72. The van der Waals surface area contributed by atoms with Gasteiger partial charge in [0.1, 0.15) is 18.2 Å². The van der Waals surface area contributed by atoms with Gasteiger partial charge in [0.25, 0.3) is 0 Å². The third-order valence-electron chi connectivity index (χ3n) is 3.54. The lowest BCUT2D eigenvalue weighted by Crippen LogP contribution is -2.45. The van der Waals surface area contributed by atoms with Crippen LogP contribution in [0.15, 0.2) is 18.2 Å². The van der Waals surface area contributed by atoms with E-state index in [4.69, 9.17) is 4.74 Å². The van der Waals surface area contributed by atoms with Gasteiger partial charge in [-0.2, -0.15) is 0 Å². The molecule has 1 saturated heterocycles. The monoisotopic (exact) mass is 394 g/mol. The molecule has 1 atom stereocenters. The van der Waals surface area contributed by atoms with Crippen molar-refractivity contribution in [3.8, 4) is 11.5 Å². The summed E-state index contributed by atoms with van der Waals surface area (Å²) in [6.45, 7) is 2.18. The van der Waals surface area contributed by atoms with Crippen LogP contribution in [-0.2, 0) is 0 Å². The standard InChI is InChI=1S/C14H18F4N2O2.2ClH/c1-21-13-8-10(22-14(16,17)18)2-3-11(13)12(9-15)20-6-4-19-5-7-20;;/h2-3,8,12,19H,4-7,9H2,1H3;2*1H/t12-;;/m0../s1. The van der Waals surface area contributed by atoms with Crippen LogP contribution in [0.5, 0.6) is 11.5 Å². The molecule has 4 nitrogen and oxygen atoms in total. The number of halogens is 6. The van der Waals surface area contributed by atoms with Gasteiger partial charge in [0.2, 0.25) is 0 Å². The molecule has 10 heteroatoms. The molecule has 1 aromatic rings. The summed E-state index contributed by atoms with van der Waals surface area (Å²) in [6, 6.07) is 3.19. The number of ether oxygens (including phenoxy) is 2. The SMILES string of the molecule is COc1cc(OC(F)(F)F)ccc1[C@H](CF)N1CCNCC1.Cl.Cl. The number of nitrogens with zero attached hydrogens (tertiary/aromatic N) is 1. The zero-order chi connectivity index (χ0) is 16.2. The minimum absolute atomic E-state index is 0. The van der Waals surface area contributed by atoms with Crippen molar-refractivity contribution in [2.24, 2.45) is 0 Å². The highest BCUT2D eigenvalue weighted by Gasteiger charge is 2.32. The molecule has 0 aromatic heterocycles. The van der Waals surface area contributed by atoms with Crippen LogP contribution in [0.4, 0.5) is 17.6 Å². The largest absolute Gasteiger partial charge is 0.573 e. The fraction of sp³-hybridized carbons (Fsp3) is 0.571. The number of benzene rings is 1. The number of hydrogen-bond donors (Lipinski definition) is 1. The smallest absolute Gasteiger partial charge is 0.496 e. The van der Waals surface area contributed by atoms with Crippen molar-refractivity contribution in [3.05, 3.63) is 23.8 Å². The summed E-state index contributed by atoms with van der Waals surface area (Å²) in [5.41, 5.74) is 0.515. The third kappa shape index (κ3) is 6.16. The van der Waals surface area contributed by atoms with E-state index in [0.717, 1.165) is 19.2 Å². The number of nitrogens with one attached hydrogen (secondary N) is 1. The maximum atomic E-state index is 13.5. The van der Waals surface area contributed by atoms with Crippen molar-refractivity contribution < 1.29 is 27.0 Å². The van der Waals surface area contributed by atoms with Crippen LogP contribution in [0.2, 0.25) is 0 Å². The Labute approximate surface area is 150 Å². The predicted molar refractivity (Wildman–Crippen MR) is 87.3 cm³/mol. The first-order valence-electron chi connectivity index (χ1n) is 6.89. The van der Waals surface area contributed by atoms with Crippen LogP contribution in [0.1, 0.15) is 11.6 Å². The second-order valence-corrected chi connectivity index (χ2v) is 4.91. The average Bonchev–Trinajstić information content (AvgIpc) is 2.48. The molecule has 0 spiro atoms. The first kappa shape index (κ1) is 23.0. The summed E-state index contributed by atoms with van der Waals surface area (Å²) in [7, 11) is 1.34. The van der Waals surface area contributed by atoms with Crippen LogP contribution < -0.4 is 14.8 Å². The van der Waals surface area contributed by atoms with Gasteiger partial charge in [0.05, 0.1) is 13.2 Å². The van der Waals surface area contributed by atoms with Crippen molar-refractivity contribution in [1.29, 1.82) is 0 Å². The highest BCUT2D eigenvalue weighted by molar-refractivity contribution is 5.85. The molecule has 0 amide bonds. The lowest BCUT2D eigenvalue weighted by atomic mass is 10.0. The van der Waals surface area contributed by atoms with E-state index in [2.05, 4.69) is 10.1 Å². The Bertz CT molecular complexity index is 500. The van der Waals surface area contributed by atoms with Crippen LogP contribution >= 0.6 is 24.8 Å². The summed E-state index contributed by atoms with van der Waals surface area (Å²) < 4.78 is 59.2. The first-order valence-corrected chi connectivity index (χ1v) is 6.89. The molecule has 1 aliphatic rings. The summed E-state index contributed by atoms with van der Waals surface area (Å²) in [5, 5.41) is 3.17. The van der Waals surface area contributed by atoms with E-state index in [1.54, 1.807) is 0 Å². The maximum absolute atomic E-state index is 13.5. The molecule has 2 rings (SSSR count). The number of alkyl halides is 4. The minimum atomic E-state index is -4.77. The summed E-state index contributed by atoms with van der Waals surface area (Å²) in [6.07, 6.45) is -4.77. The number of hydrogen-bond acceptors (Lipinski definition) is 4. The van der Waals surface area contributed by atoms with Crippen LogP contribution in [-0.4, -0.2) is 51.2 Å². The van der Waals surface area contributed by atoms with Gasteiger partial charge in [-0.05, 0) is 12.1 Å². The summed E-state index contributed by atoms with van der Waals surface area (Å²) in [4.78, 5) is 1.94. The normalized spacial score (nSPS) is 16.5. The molecule has 1 aromatic carbocycles. The zero-order valence-corrected chi connectivity index (χ0v) is 14.6. The van der Waals surface area contributed by atoms with Gasteiger partial charge in [0, 0.05) is 37.8 Å². The molecule has 0 saturated carbocycles. The average molecular weight is 395 g/mol. The maximum Gasteiger partial charge on any atom is 0.573 e. The summed E-state index contributed by atoms with van der Waals surface area (Å²) in [5.74, 6) is -0.200. The van der Waals surface area contributed by atoms with E-state index in [-0.39, 0.29) is 36.3 Å². The third-order valence-corrected chi connectivity index (χ3v) is 3.54. The molecule has 1 N–H and O–H groups in total. The van der Waals surface area contributed by atoms with Gasteiger partial charge in [-0.15, -0.1) is 38.0 Å². The molecule has 0 aliphatic carbocycles. The molecule has 1 heterocycles. The van der Waals surface area contributed by atoms with Crippen molar-refractivity contribution in [1.82, 2.24) is 10.2 Å². The topological polar surface area (TPSA) is 33.7 Å². The Balaban J connectivity index is 0.00000264. The zero-order valence-electron chi connectivity index (χ0n) is 12.9. The molecule has 0 bridgehead atoms. The highest BCUT2D eigenvalue weighted by Crippen LogP contribution is 2.34. The Morgan fingerprint density at radius 3 is 2.33 bits per heavy atom. The number of methoxy groups -OCH3 is 1. The fourth-order valence-electron chi connectivity index (χ4n) is 2.54. The van der Waals surface area contributed by atoms with Crippen molar-refractivity contribution in [2.75, 3.05) is 40.0 Å². The summed E-state index contributed by atoms with van der Waals surface area (Å²) >= 11 is 0. The molecule has 1 aliphatic heterocycles. The first-order chi connectivity index (χ1) is 10.4. The van der Waals surface area contributed by atoms with Crippen LogP contribution in [0, 0.1) is 0 Å². The van der Waals surface area contributed by atoms with Crippen LogP contribution in [0.25, 0.3) is 0 Å². The van der Waals surface area contributed by atoms with Crippen LogP contribution in [0.3, 0.4) is 0 Å². The molecule has 0 radical (unpaired) electrons. The highest BCUT2D eigenvalue weighted by atomic mass is 35.5. The second-order valence-electron chi connectivity index (χ2n) is 4.91. The van der Waals surface area contributed by atoms with Gasteiger partial charge < -0.3 is 14.8 Å². The van der Waals surface area contributed by atoms with Gasteiger partial charge in [-0.25, -0.2) is 4.39 Å². The van der Waals surface area contributed by atoms with Gasteiger partial charge >= 0.3 is 6.36 Å². The van der Waals surface area contributed by atoms with Crippen molar-refractivity contribution in [2.45, 2.75) is 12.4 Å². The van der Waals surface area contributed by atoms with E-state index in [1.807, 2.05) is 4.90 Å². The number of piperazine rings is 1. The molecule has 1 fully saturated rings. The molecule has 24 heavy (non-hydrogen) atoms. The van der Waals surface area contributed by atoms with Gasteiger partial charge in [-0.1, -0.05) is 0 Å². The molecular weight excluding hydrogens is 375 g/mol. The molecular formula is C14H20Cl2F4N2O2. The fourth-order valence-corrected chi connectivity index (χ4v) is 2.54.